The smallest absolute Gasteiger partial charge is 0.344 e. The van der Waals surface area contributed by atoms with Gasteiger partial charge in [0.1, 0.15) is 10.8 Å². The van der Waals surface area contributed by atoms with Gasteiger partial charge in [-0.25, -0.2) is 14.9 Å². The minimum Gasteiger partial charge on any atom is -0.369 e. The van der Waals surface area contributed by atoms with Crippen molar-refractivity contribution in [2.75, 3.05) is 11.9 Å². The first-order valence-corrected chi connectivity index (χ1v) is 8.12. The van der Waals surface area contributed by atoms with Gasteiger partial charge in [0.05, 0.1) is 10.0 Å². The molecule has 2 aromatic rings. The summed E-state index contributed by atoms with van der Waals surface area (Å²) in [5.74, 6) is 0.571. The fourth-order valence-electron chi connectivity index (χ4n) is 1.92. The highest BCUT2D eigenvalue weighted by atomic mass is 35.5. The molecule has 0 spiro atoms. The zero-order chi connectivity index (χ0) is 15.0. The third-order valence-corrected chi connectivity index (χ3v) is 4.68. The van der Waals surface area contributed by atoms with Crippen molar-refractivity contribution in [3.8, 4) is 0 Å². The molecule has 0 saturated heterocycles. The van der Waals surface area contributed by atoms with Gasteiger partial charge in [-0.2, -0.15) is 0 Å². The molecule has 0 amide bonds. The molecule has 6 nitrogen and oxygen atoms in total. The Balaban J connectivity index is 1.94. The molecule has 2 heterocycles. The van der Waals surface area contributed by atoms with Crippen molar-refractivity contribution in [2.24, 2.45) is 0 Å². The van der Waals surface area contributed by atoms with Gasteiger partial charge in [-0.15, -0.1) is 5.10 Å². The topological polar surface area (TPSA) is 75.6 Å². The van der Waals surface area contributed by atoms with Crippen LogP contribution < -0.4 is 11.0 Å². The van der Waals surface area contributed by atoms with E-state index in [-0.39, 0.29) is 11.7 Å². The molecule has 2 aromatic heterocycles. The van der Waals surface area contributed by atoms with Crippen molar-refractivity contribution < 1.29 is 0 Å². The van der Waals surface area contributed by atoms with E-state index in [0.717, 1.165) is 12.8 Å². The summed E-state index contributed by atoms with van der Waals surface area (Å²) in [4.78, 5) is 16.2. The Bertz CT molecular complexity index is 725. The highest BCUT2D eigenvalue weighted by molar-refractivity contribution is 7.99. The number of pyridine rings is 1. The van der Waals surface area contributed by atoms with Crippen LogP contribution in [0.25, 0.3) is 0 Å². The largest absolute Gasteiger partial charge is 0.369 e. The average molecular weight is 346 g/mol. The Morgan fingerprint density at radius 1 is 1.48 bits per heavy atom. The van der Waals surface area contributed by atoms with Crippen molar-refractivity contribution in [1.29, 1.82) is 0 Å². The number of aromatic amines is 1. The van der Waals surface area contributed by atoms with E-state index in [1.165, 1.54) is 11.8 Å². The predicted octanol–water partition coefficient (Wildman–Crippen LogP) is 3.19. The zero-order valence-electron chi connectivity index (χ0n) is 11.2. The summed E-state index contributed by atoms with van der Waals surface area (Å²) < 4.78 is 1.66. The van der Waals surface area contributed by atoms with Gasteiger partial charge in [0.25, 0.3) is 0 Å². The Labute approximate surface area is 135 Å². The van der Waals surface area contributed by atoms with Crippen molar-refractivity contribution in [3.05, 3.63) is 26.6 Å². The summed E-state index contributed by atoms with van der Waals surface area (Å²) >= 11 is 13.5. The monoisotopic (exact) mass is 345 g/mol. The third kappa shape index (κ3) is 3.04. The summed E-state index contributed by atoms with van der Waals surface area (Å²) in [5.41, 5.74) is -0.197. The van der Waals surface area contributed by atoms with Crippen LogP contribution in [0.5, 0.6) is 0 Å². The van der Waals surface area contributed by atoms with Crippen molar-refractivity contribution in [1.82, 2.24) is 19.7 Å². The Kier molecular flexibility index (Phi) is 4.14. The number of H-pyrrole nitrogens is 1. The van der Waals surface area contributed by atoms with Gasteiger partial charge in [0.15, 0.2) is 5.16 Å². The summed E-state index contributed by atoms with van der Waals surface area (Å²) in [6, 6.07) is 1.88. The van der Waals surface area contributed by atoms with E-state index in [9.17, 15) is 4.79 Å². The predicted molar refractivity (Wildman–Crippen MR) is 83.7 cm³/mol. The lowest BCUT2D eigenvalue weighted by Gasteiger charge is -2.09. The van der Waals surface area contributed by atoms with Crippen LogP contribution >= 0.6 is 35.0 Å². The van der Waals surface area contributed by atoms with Crippen LogP contribution in [0, 0.1) is 0 Å². The number of rotatable bonds is 5. The molecule has 0 radical (unpaired) electrons. The number of nitrogens with one attached hydrogen (secondary N) is 2. The molecule has 0 bridgehead atoms. The third-order valence-electron chi connectivity index (χ3n) is 3.01. The molecule has 9 heteroatoms. The quantitative estimate of drug-likeness (QED) is 0.870. The average Bonchev–Trinajstić information content (AvgIpc) is 3.20. The second-order valence-corrected chi connectivity index (χ2v) is 6.42. The molecule has 1 aliphatic carbocycles. The lowest BCUT2D eigenvalue weighted by molar-refractivity contribution is 0.642. The summed E-state index contributed by atoms with van der Waals surface area (Å²) in [5, 5.41) is 11.6. The molecule has 1 fully saturated rings. The molecular formula is C12H13Cl2N5OS. The fraction of sp³-hybridized carbons (Fsp3) is 0.417. The summed E-state index contributed by atoms with van der Waals surface area (Å²) in [6.07, 6.45) is 1.99. The van der Waals surface area contributed by atoms with Crippen LogP contribution in [0.2, 0.25) is 10.0 Å². The highest BCUT2D eigenvalue weighted by Gasteiger charge is 2.29. The van der Waals surface area contributed by atoms with Crippen LogP contribution in [0.4, 0.5) is 5.82 Å². The normalized spacial score (nSPS) is 14.4. The van der Waals surface area contributed by atoms with E-state index in [2.05, 4.69) is 20.5 Å². The first kappa shape index (κ1) is 14.7. The number of hydrogen-bond donors (Lipinski definition) is 2. The molecule has 0 aliphatic heterocycles. The van der Waals surface area contributed by atoms with Crippen LogP contribution in [0.3, 0.4) is 0 Å². The van der Waals surface area contributed by atoms with Gasteiger partial charge in [-0.3, -0.25) is 4.57 Å². The molecule has 112 valence electrons. The van der Waals surface area contributed by atoms with Crippen molar-refractivity contribution in [3.63, 3.8) is 0 Å². The Hall–Kier alpha value is -1.18. The number of anilines is 1. The van der Waals surface area contributed by atoms with E-state index in [0.29, 0.717) is 32.6 Å². The number of nitrogens with zero attached hydrogens (tertiary/aromatic N) is 3. The maximum absolute atomic E-state index is 11.8. The molecule has 0 atom stereocenters. The number of hydrogen-bond acceptors (Lipinski definition) is 5. The zero-order valence-corrected chi connectivity index (χ0v) is 13.5. The summed E-state index contributed by atoms with van der Waals surface area (Å²) in [6.45, 7) is 2.66. The molecular weight excluding hydrogens is 333 g/mol. The highest BCUT2D eigenvalue weighted by Crippen LogP contribution is 2.39. The van der Waals surface area contributed by atoms with Gasteiger partial charge < -0.3 is 5.32 Å². The lowest BCUT2D eigenvalue weighted by atomic mass is 10.4. The standard InChI is InChI=1S/C12H13Cl2N5OS/c1-2-15-9-7(13)5-8(14)10(16-9)21-12-18-17-11(20)19(12)6-3-4-6/h5-6H,2-4H2,1H3,(H,15,16)(H,17,20). The SMILES string of the molecule is CCNc1nc(Sc2n[nH]c(=O)n2C2CC2)c(Cl)cc1Cl. The van der Waals surface area contributed by atoms with Crippen molar-refractivity contribution in [2.45, 2.75) is 36.0 Å². The van der Waals surface area contributed by atoms with E-state index < -0.39 is 0 Å². The molecule has 2 N–H and O–H groups in total. The molecule has 3 rings (SSSR count). The van der Waals surface area contributed by atoms with E-state index in [4.69, 9.17) is 23.2 Å². The van der Waals surface area contributed by atoms with Crippen LogP contribution in [0.15, 0.2) is 21.0 Å². The van der Waals surface area contributed by atoms with Crippen LogP contribution in [-0.4, -0.2) is 26.3 Å². The van der Waals surface area contributed by atoms with Gasteiger partial charge in [-0.1, -0.05) is 23.2 Å². The first-order valence-electron chi connectivity index (χ1n) is 6.54. The van der Waals surface area contributed by atoms with Crippen LogP contribution in [-0.2, 0) is 0 Å². The molecule has 1 saturated carbocycles. The van der Waals surface area contributed by atoms with Gasteiger partial charge in [0, 0.05) is 12.6 Å². The van der Waals surface area contributed by atoms with Gasteiger partial charge >= 0.3 is 5.69 Å². The minimum absolute atomic E-state index is 0.197. The number of aromatic nitrogens is 4. The molecule has 0 unspecified atom stereocenters. The second-order valence-electron chi connectivity index (χ2n) is 4.65. The first-order chi connectivity index (χ1) is 10.1. The lowest BCUT2D eigenvalue weighted by Crippen LogP contribution is -2.16. The maximum atomic E-state index is 11.8. The Morgan fingerprint density at radius 3 is 2.90 bits per heavy atom. The molecule has 0 aromatic carbocycles. The number of halogens is 2. The fourth-order valence-corrected chi connectivity index (χ4v) is 3.35. The molecule has 1 aliphatic rings. The molecule has 21 heavy (non-hydrogen) atoms. The minimum atomic E-state index is -0.197. The van der Waals surface area contributed by atoms with E-state index in [1.54, 1.807) is 10.6 Å². The van der Waals surface area contributed by atoms with E-state index in [1.807, 2.05) is 6.92 Å². The van der Waals surface area contributed by atoms with Crippen LogP contribution in [0.1, 0.15) is 25.8 Å². The second kappa shape index (κ2) is 5.90. The van der Waals surface area contributed by atoms with Gasteiger partial charge in [-0.05, 0) is 37.6 Å². The van der Waals surface area contributed by atoms with E-state index >= 15 is 0 Å². The van der Waals surface area contributed by atoms with Gasteiger partial charge in [0.2, 0.25) is 0 Å². The van der Waals surface area contributed by atoms with Crippen molar-refractivity contribution >= 4 is 40.8 Å². The summed E-state index contributed by atoms with van der Waals surface area (Å²) in [7, 11) is 0. The Morgan fingerprint density at radius 2 is 2.24 bits per heavy atom. The maximum Gasteiger partial charge on any atom is 0.344 e.